The Morgan fingerprint density at radius 2 is 1.61 bits per heavy atom. The number of Topliss-reactive ketones (excluding diaryl/α,β-unsaturated/α-hetero) is 1. The number of nitrogens with zero attached hydrogens (tertiary/aromatic N) is 2. The number of aliphatic hydroxyl groups excluding tert-OH is 1. The van der Waals surface area contributed by atoms with Gasteiger partial charge in [-0.2, -0.15) is 0 Å². The quantitative estimate of drug-likeness (QED) is 0.234. The minimum Gasteiger partial charge on any atom is -0.507 e. The molecule has 38 heavy (non-hydrogen) atoms. The van der Waals surface area contributed by atoms with Gasteiger partial charge >= 0.3 is 0 Å². The Morgan fingerprint density at radius 1 is 0.895 bits per heavy atom. The number of amides is 1. The average Bonchev–Trinajstić information content (AvgIpc) is 3.18. The number of ketones is 1. The second-order valence-electron chi connectivity index (χ2n) is 9.21. The van der Waals surface area contributed by atoms with Gasteiger partial charge in [-0.3, -0.25) is 9.59 Å². The Kier molecular flexibility index (Phi) is 8.33. The normalized spacial score (nSPS) is 16.7. The van der Waals surface area contributed by atoms with Crippen molar-refractivity contribution in [2.24, 2.45) is 0 Å². The van der Waals surface area contributed by atoms with Gasteiger partial charge in [0.25, 0.3) is 11.7 Å². The second kappa shape index (κ2) is 11.8. The van der Waals surface area contributed by atoms with Crippen LogP contribution in [0.25, 0.3) is 5.76 Å². The van der Waals surface area contributed by atoms with E-state index in [1.807, 2.05) is 67.5 Å². The van der Waals surface area contributed by atoms with Gasteiger partial charge in [0.2, 0.25) is 0 Å². The van der Waals surface area contributed by atoms with Gasteiger partial charge in [0, 0.05) is 12.1 Å². The fourth-order valence-corrected chi connectivity index (χ4v) is 4.53. The van der Waals surface area contributed by atoms with Crippen LogP contribution in [0.5, 0.6) is 23.0 Å². The van der Waals surface area contributed by atoms with Gasteiger partial charge < -0.3 is 29.1 Å². The Morgan fingerprint density at radius 3 is 2.29 bits per heavy atom. The Hall–Kier alpha value is -4.30. The van der Waals surface area contributed by atoms with Crippen molar-refractivity contribution in [3.63, 3.8) is 0 Å². The highest BCUT2D eigenvalue weighted by Gasteiger charge is 2.46. The highest BCUT2D eigenvalue weighted by atomic mass is 16.5. The molecule has 0 bridgehead atoms. The zero-order chi connectivity index (χ0) is 27.2. The van der Waals surface area contributed by atoms with Crippen LogP contribution in [-0.2, 0) is 9.59 Å². The van der Waals surface area contributed by atoms with Crippen LogP contribution in [0.1, 0.15) is 23.6 Å². The molecule has 1 amide bonds. The van der Waals surface area contributed by atoms with E-state index in [2.05, 4.69) is 0 Å². The van der Waals surface area contributed by atoms with E-state index in [0.717, 1.165) is 6.54 Å². The summed E-state index contributed by atoms with van der Waals surface area (Å²) >= 11 is 0. The van der Waals surface area contributed by atoms with Crippen molar-refractivity contribution in [1.82, 2.24) is 9.80 Å². The fourth-order valence-electron chi connectivity index (χ4n) is 4.53. The monoisotopic (exact) mass is 516 g/mol. The van der Waals surface area contributed by atoms with E-state index in [9.17, 15) is 14.7 Å². The summed E-state index contributed by atoms with van der Waals surface area (Å²) in [6, 6.07) is 20.7. The van der Waals surface area contributed by atoms with Gasteiger partial charge in [0.1, 0.15) is 17.3 Å². The van der Waals surface area contributed by atoms with E-state index >= 15 is 0 Å². The molecule has 0 aliphatic carbocycles. The van der Waals surface area contributed by atoms with Gasteiger partial charge in [-0.15, -0.1) is 0 Å². The van der Waals surface area contributed by atoms with Crippen LogP contribution in [0, 0.1) is 0 Å². The molecule has 198 valence electrons. The van der Waals surface area contributed by atoms with Crippen LogP contribution in [0.3, 0.4) is 0 Å². The van der Waals surface area contributed by atoms with Crippen LogP contribution in [0.15, 0.2) is 78.4 Å². The molecule has 1 aliphatic heterocycles. The first kappa shape index (κ1) is 26.8. The van der Waals surface area contributed by atoms with E-state index < -0.39 is 17.7 Å². The molecule has 1 atom stereocenters. The SMILES string of the molecule is COc1ccc(/C(O)=C2\C(=O)C(=O)N(CCCN(C)C)C2c2cccc(Oc3ccccc3)c2)cc1OC. The topological polar surface area (TPSA) is 88.5 Å². The predicted molar refractivity (Wildman–Crippen MR) is 145 cm³/mol. The number of aliphatic hydroxyl groups is 1. The fraction of sp³-hybridized carbons (Fsp3) is 0.267. The Labute approximate surface area is 222 Å². The standard InChI is InChI=1S/C30H32N2O6/c1-31(2)16-9-17-32-27(20-10-8-13-23(18-20)38-22-11-6-5-7-12-22)26(29(34)30(32)35)28(33)21-14-15-24(36-3)25(19-21)37-4/h5-8,10-15,18-19,27,33H,9,16-17H2,1-4H3/b28-26+. The minimum atomic E-state index is -0.787. The van der Waals surface area contributed by atoms with Crippen molar-refractivity contribution >= 4 is 17.4 Å². The van der Waals surface area contributed by atoms with Crippen molar-refractivity contribution in [3.05, 3.63) is 89.5 Å². The smallest absolute Gasteiger partial charge is 0.295 e. The molecular weight excluding hydrogens is 484 g/mol. The van der Waals surface area contributed by atoms with Crippen molar-refractivity contribution < 1.29 is 28.9 Å². The van der Waals surface area contributed by atoms with E-state index in [-0.39, 0.29) is 11.3 Å². The highest BCUT2D eigenvalue weighted by molar-refractivity contribution is 6.46. The summed E-state index contributed by atoms with van der Waals surface area (Å²) in [7, 11) is 6.91. The van der Waals surface area contributed by atoms with E-state index in [0.29, 0.717) is 47.1 Å². The first-order valence-electron chi connectivity index (χ1n) is 12.3. The van der Waals surface area contributed by atoms with Crippen molar-refractivity contribution in [2.45, 2.75) is 12.5 Å². The van der Waals surface area contributed by atoms with E-state index in [1.54, 1.807) is 24.3 Å². The molecule has 1 unspecified atom stereocenters. The molecule has 0 aromatic heterocycles. The van der Waals surface area contributed by atoms with Gasteiger partial charge in [-0.1, -0.05) is 30.3 Å². The summed E-state index contributed by atoms with van der Waals surface area (Å²) in [4.78, 5) is 30.2. The maximum Gasteiger partial charge on any atom is 0.295 e. The second-order valence-corrected chi connectivity index (χ2v) is 9.21. The number of carbonyl (C=O) groups is 2. The molecule has 8 heteroatoms. The van der Waals surface area contributed by atoms with Crippen LogP contribution < -0.4 is 14.2 Å². The molecule has 1 N–H and O–H groups in total. The number of hydrogen-bond donors (Lipinski definition) is 1. The van der Waals surface area contributed by atoms with E-state index in [1.165, 1.54) is 19.1 Å². The lowest BCUT2D eigenvalue weighted by Gasteiger charge is -2.26. The maximum atomic E-state index is 13.4. The molecule has 3 aromatic carbocycles. The number of ether oxygens (including phenoxy) is 3. The summed E-state index contributed by atoms with van der Waals surface area (Å²) in [6.45, 7) is 1.09. The van der Waals surface area contributed by atoms with Crippen molar-refractivity contribution in [1.29, 1.82) is 0 Å². The lowest BCUT2D eigenvalue weighted by atomic mass is 9.95. The molecule has 1 fully saturated rings. The Bertz CT molecular complexity index is 1340. The number of carbonyl (C=O) groups excluding carboxylic acids is 2. The molecule has 4 rings (SSSR count). The number of hydrogen-bond acceptors (Lipinski definition) is 7. The lowest BCUT2D eigenvalue weighted by Crippen LogP contribution is -2.32. The summed E-state index contributed by atoms with van der Waals surface area (Å²) in [5, 5.41) is 11.4. The number of benzene rings is 3. The van der Waals surface area contributed by atoms with Gasteiger partial charge in [-0.05, 0) is 75.1 Å². The molecule has 0 spiro atoms. The summed E-state index contributed by atoms with van der Waals surface area (Å²) in [5.41, 5.74) is 1.02. The van der Waals surface area contributed by atoms with Gasteiger partial charge in [-0.25, -0.2) is 0 Å². The number of para-hydroxylation sites is 1. The molecule has 1 aliphatic rings. The average molecular weight is 517 g/mol. The highest BCUT2D eigenvalue weighted by Crippen LogP contribution is 2.41. The third-order valence-corrected chi connectivity index (χ3v) is 6.35. The van der Waals surface area contributed by atoms with Crippen molar-refractivity contribution in [3.8, 4) is 23.0 Å². The minimum absolute atomic E-state index is 0.0175. The van der Waals surface area contributed by atoms with Crippen LogP contribution >= 0.6 is 0 Å². The van der Waals surface area contributed by atoms with Crippen LogP contribution in [0.4, 0.5) is 0 Å². The predicted octanol–water partition coefficient (Wildman–Crippen LogP) is 4.87. The third-order valence-electron chi connectivity index (χ3n) is 6.35. The first-order valence-corrected chi connectivity index (χ1v) is 12.3. The van der Waals surface area contributed by atoms with Crippen molar-refractivity contribution in [2.75, 3.05) is 41.4 Å². The number of methoxy groups -OCH3 is 2. The molecule has 1 saturated heterocycles. The maximum absolute atomic E-state index is 13.4. The molecule has 1 heterocycles. The summed E-state index contributed by atoms with van der Waals surface area (Å²) < 4.78 is 16.7. The molecule has 0 saturated carbocycles. The summed E-state index contributed by atoms with van der Waals surface area (Å²) in [5.74, 6) is 0.432. The Balaban J connectivity index is 1.80. The van der Waals surface area contributed by atoms with Gasteiger partial charge in [0.05, 0.1) is 25.8 Å². The zero-order valence-electron chi connectivity index (χ0n) is 22.0. The number of rotatable bonds is 10. The molecule has 3 aromatic rings. The zero-order valence-corrected chi connectivity index (χ0v) is 22.0. The van der Waals surface area contributed by atoms with Crippen LogP contribution in [0.2, 0.25) is 0 Å². The third kappa shape index (κ3) is 5.65. The van der Waals surface area contributed by atoms with E-state index in [4.69, 9.17) is 14.2 Å². The summed E-state index contributed by atoms with van der Waals surface area (Å²) in [6.07, 6.45) is 0.660. The first-order chi connectivity index (χ1) is 18.3. The lowest BCUT2D eigenvalue weighted by molar-refractivity contribution is -0.139. The largest absolute Gasteiger partial charge is 0.507 e. The molecular formula is C30H32N2O6. The molecule has 0 radical (unpaired) electrons. The van der Waals surface area contributed by atoms with Crippen LogP contribution in [-0.4, -0.2) is 68.0 Å². The molecule has 8 nitrogen and oxygen atoms in total. The number of likely N-dealkylation sites (tertiary alicyclic amines) is 1. The van der Waals surface area contributed by atoms with Gasteiger partial charge in [0.15, 0.2) is 11.5 Å².